The highest BCUT2D eigenvalue weighted by atomic mass is 79.9. The average Bonchev–Trinajstić information content (AvgIpc) is 2.74. The summed E-state index contributed by atoms with van der Waals surface area (Å²) in [6, 6.07) is 7.98. The summed E-state index contributed by atoms with van der Waals surface area (Å²) in [6.07, 6.45) is 1.79. The highest BCUT2D eigenvalue weighted by Crippen LogP contribution is 2.28. The van der Waals surface area contributed by atoms with Crippen LogP contribution in [0.4, 0.5) is 0 Å². The van der Waals surface area contributed by atoms with E-state index in [1.165, 1.54) is 0 Å². The van der Waals surface area contributed by atoms with Crippen molar-refractivity contribution in [3.8, 4) is 0 Å². The molecule has 1 atom stereocenters. The molecule has 0 radical (unpaired) electrons. The van der Waals surface area contributed by atoms with E-state index >= 15 is 0 Å². The first-order valence-corrected chi connectivity index (χ1v) is 7.18. The van der Waals surface area contributed by atoms with Gasteiger partial charge in [-0.05, 0) is 40.5 Å². The molecule has 0 aliphatic rings. The second kappa shape index (κ2) is 5.97. The van der Waals surface area contributed by atoms with Crippen molar-refractivity contribution < 1.29 is 0 Å². The van der Waals surface area contributed by atoms with Gasteiger partial charge in [0, 0.05) is 11.0 Å². The summed E-state index contributed by atoms with van der Waals surface area (Å²) >= 11 is 6.95. The van der Waals surface area contributed by atoms with E-state index in [1.807, 2.05) is 28.9 Å². The number of benzene rings is 1. The van der Waals surface area contributed by atoms with Gasteiger partial charge in [-0.15, -0.1) is 0 Å². The second-order valence-corrected chi connectivity index (χ2v) is 5.61. The van der Waals surface area contributed by atoms with Gasteiger partial charge in [-0.3, -0.25) is 10.5 Å². The molecule has 4 nitrogen and oxygen atoms in total. The van der Waals surface area contributed by atoms with Crippen molar-refractivity contribution in [1.29, 1.82) is 0 Å². The van der Waals surface area contributed by atoms with E-state index in [-0.39, 0.29) is 6.04 Å². The predicted molar refractivity (Wildman–Crippen MR) is 78.9 cm³/mol. The number of nitrogens with two attached hydrogens (primary N) is 1. The van der Waals surface area contributed by atoms with Gasteiger partial charge < -0.3 is 0 Å². The first-order valence-electron chi connectivity index (χ1n) is 5.60. The standard InChI is InChI=1S/C12H14Br2N4/c1-2-18-12(10(14)7-16-18)11(17-15)8-3-5-9(13)6-4-8/h3-7,11,17H,2,15H2,1H3. The minimum Gasteiger partial charge on any atom is -0.271 e. The van der Waals surface area contributed by atoms with Crippen molar-refractivity contribution in [3.63, 3.8) is 0 Å². The van der Waals surface area contributed by atoms with Gasteiger partial charge in [0.1, 0.15) is 0 Å². The summed E-state index contributed by atoms with van der Waals surface area (Å²) in [7, 11) is 0. The molecule has 2 aromatic rings. The third-order valence-corrected chi connectivity index (χ3v) is 3.92. The molecule has 0 aliphatic heterocycles. The fourth-order valence-corrected chi connectivity index (χ4v) is 2.69. The molecular weight excluding hydrogens is 360 g/mol. The van der Waals surface area contributed by atoms with E-state index in [4.69, 9.17) is 5.84 Å². The zero-order valence-electron chi connectivity index (χ0n) is 9.90. The maximum Gasteiger partial charge on any atom is 0.0889 e. The topological polar surface area (TPSA) is 55.9 Å². The highest BCUT2D eigenvalue weighted by Gasteiger charge is 2.20. The molecule has 6 heteroatoms. The number of rotatable bonds is 4. The zero-order valence-corrected chi connectivity index (χ0v) is 13.1. The van der Waals surface area contributed by atoms with Crippen LogP contribution in [0.5, 0.6) is 0 Å². The van der Waals surface area contributed by atoms with Crippen LogP contribution in [-0.4, -0.2) is 9.78 Å². The lowest BCUT2D eigenvalue weighted by Gasteiger charge is -2.18. The lowest BCUT2D eigenvalue weighted by atomic mass is 10.0. The smallest absolute Gasteiger partial charge is 0.0889 e. The van der Waals surface area contributed by atoms with Gasteiger partial charge in [0.15, 0.2) is 0 Å². The van der Waals surface area contributed by atoms with Crippen LogP contribution in [0.3, 0.4) is 0 Å². The molecule has 0 amide bonds. The molecule has 1 aromatic carbocycles. The van der Waals surface area contributed by atoms with Crippen LogP contribution < -0.4 is 11.3 Å². The Morgan fingerprint density at radius 1 is 1.33 bits per heavy atom. The lowest BCUT2D eigenvalue weighted by molar-refractivity contribution is 0.542. The summed E-state index contributed by atoms with van der Waals surface area (Å²) < 4.78 is 3.93. The number of nitrogens with one attached hydrogen (secondary N) is 1. The minimum atomic E-state index is -0.0880. The number of halogens is 2. The normalized spacial score (nSPS) is 12.7. The van der Waals surface area contributed by atoms with E-state index in [0.717, 1.165) is 26.7 Å². The van der Waals surface area contributed by atoms with Crippen molar-refractivity contribution in [2.24, 2.45) is 5.84 Å². The minimum absolute atomic E-state index is 0.0880. The maximum absolute atomic E-state index is 5.70. The fraction of sp³-hybridized carbons (Fsp3) is 0.250. The van der Waals surface area contributed by atoms with E-state index in [1.54, 1.807) is 6.20 Å². The number of aromatic nitrogens is 2. The summed E-state index contributed by atoms with van der Waals surface area (Å²) in [5.74, 6) is 5.70. The second-order valence-electron chi connectivity index (χ2n) is 3.84. The number of hydrogen-bond donors (Lipinski definition) is 2. The molecule has 0 fully saturated rings. The first-order chi connectivity index (χ1) is 8.67. The molecule has 1 unspecified atom stereocenters. The van der Waals surface area contributed by atoms with Crippen molar-refractivity contribution in [3.05, 3.63) is 50.7 Å². The molecular formula is C12H14Br2N4. The van der Waals surface area contributed by atoms with Gasteiger partial charge in [0.2, 0.25) is 0 Å². The Labute approximate surface area is 123 Å². The molecule has 1 aromatic heterocycles. The van der Waals surface area contributed by atoms with Gasteiger partial charge in [0.05, 0.1) is 22.4 Å². The Balaban J connectivity index is 2.44. The molecule has 0 saturated carbocycles. The Hall–Kier alpha value is -0.690. The molecule has 1 heterocycles. The lowest BCUT2D eigenvalue weighted by Crippen LogP contribution is -2.31. The fourth-order valence-electron chi connectivity index (χ4n) is 1.90. The molecule has 18 heavy (non-hydrogen) atoms. The SMILES string of the molecule is CCn1ncc(Br)c1C(NN)c1ccc(Br)cc1. The maximum atomic E-state index is 5.70. The molecule has 96 valence electrons. The van der Waals surface area contributed by atoms with Crippen LogP contribution in [-0.2, 0) is 6.54 Å². The highest BCUT2D eigenvalue weighted by molar-refractivity contribution is 9.10. The van der Waals surface area contributed by atoms with Gasteiger partial charge in [-0.1, -0.05) is 28.1 Å². The van der Waals surface area contributed by atoms with Gasteiger partial charge in [-0.25, -0.2) is 5.43 Å². The Morgan fingerprint density at radius 2 is 2.00 bits per heavy atom. The van der Waals surface area contributed by atoms with Crippen LogP contribution in [0.2, 0.25) is 0 Å². The van der Waals surface area contributed by atoms with Crippen molar-refractivity contribution in [2.45, 2.75) is 19.5 Å². The van der Waals surface area contributed by atoms with Crippen LogP contribution in [0.15, 0.2) is 39.4 Å². The average molecular weight is 374 g/mol. The van der Waals surface area contributed by atoms with E-state index in [0.29, 0.717) is 0 Å². The number of nitrogens with zero attached hydrogens (tertiary/aromatic N) is 2. The first kappa shape index (κ1) is 13.7. The zero-order chi connectivity index (χ0) is 13.1. The third-order valence-electron chi connectivity index (χ3n) is 2.78. The Morgan fingerprint density at radius 3 is 2.56 bits per heavy atom. The summed E-state index contributed by atoms with van der Waals surface area (Å²) in [6.45, 7) is 2.85. The predicted octanol–water partition coefficient (Wildman–Crippen LogP) is 2.98. The number of aryl methyl sites for hydroxylation is 1. The van der Waals surface area contributed by atoms with Crippen LogP contribution in [0.1, 0.15) is 24.2 Å². The van der Waals surface area contributed by atoms with Gasteiger partial charge in [-0.2, -0.15) is 5.10 Å². The largest absolute Gasteiger partial charge is 0.271 e. The third kappa shape index (κ3) is 2.66. The summed E-state index contributed by atoms with van der Waals surface area (Å²) in [5.41, 5.74) is 4.97. The van der Waals surface area contributed by atoms with Gasteiger partial charge in [0.25, 0.3) is 0 Å². The number of hydrazine groups is 1. The van der Waals surface area contributed by atoms with E-state index < -0.39 is 0 Å². The van der Waals surface area contributed by atoms with Gasteiger partial charge >= 0.3 is 0 Å². The molecule has 0 spiro atoms. The Kier molecular flexibility index (Phi) is 4.55. The van der Waals surface area contributed by atoms with Crippen molar-refractivity contribution in [2.75, 3.05) is 0 Å². The van der Waals surface area contributed by atoms with E-state index in [9.17, 15) is 0 Å². The van der Waals surface area contributed by atoms with Crippen molar-refractivity contribution in [1.82, 2.24) is 15.2 Å². The van der Waals surface area contributed by atoms with E-state index in [2.05, 4.69) is 49.3 Å². The van der Waals surface area contributed by atoms with Crippen LogP contribution >= 0.6 is 31.9 Å². The van der Waals surface area contributed by atoms with Crippen molar-refractivity contribution >= 4 is 31.9 Å². The summed E-state index contributed by atoms with van der Waals surface area (Å²) in [5, 5.41) is 4.31. The monoisotopic (exact) mass is 372 g/mol. The molecule has 0 bridgehead atoms. The summed E-state index contributed by atoms with van der Waals surface area (Å²) in [4.78, 5) is 0. The molecule has 2 rings (SSSR count). The molecule has 0 aliphatic carbocycles. The quantitative estimate of drug-likeness (QED) is 0.639. The molecule has 0 saturated heterocycles. The number of hydrogen-bond acceptors (Lipinski definition) is 3. The van der Waals surface area contributed by atoms with Crippen LogP contribution in [0.25, 0.3) is 0 Å². The molecule has 3 N–H and O–H groups in total. The van der Waals surface area contributed by atoms with Crippen LogP contribution in [0, 0.1) is 0 Å². The Bertz CT molecular complexity index is 521.